The van der Waals surface area contributed by atoms with Gasteiger partial charge in [-0.05, 0) is 43.4 Å². The molecule has 28 heavy (non-hydrogen) atoms. The summed E-state index contributed by atoms with van der Waals surface area (Å²) in [5.74, 6) is -0.187. The first kappa shape index (κ1) is 20.4. The Morgan fingerprint density at radius 3 is 2.64 bits per heavy atom. The maximum absolute atomic E-state index is 13.8. The zero-order chi connectivity index (χ0) is 19.9. The van der Waals surface area contributed by atoms with Crippen LogP contribution in [0.15, 0.2) is 54.6 Å². The molecule has 1 heterocycles. The molecule has 148 valence electrons. The lowest BCUT2D eigenvalue weighted by Crippen LogP contribution is -2.55. The van der Waals surface area contributed by atoms with Crippen LogP contribution in [0.5, 0.6) is 0 Å². The summed E-state index contributed by atoms with van der Waals surface area (Å²) in [7, 11) is 0. The van der Waals surface area contributed by atoms with Crippen molar-refractivity contribution in [1.82, 2.24) is 10.6 Å². The number of hydrogen-bond acceptors (Lipinski definition) is 3. The van der Waals surface area contributed by atoms with Gasteiger partial charge < -0.3 is 10.6 Å². The van der Waals surface area contributed by atoms with Crippen molar-refractivity contribution in [2.24, 2.45) is 0 Å². The van der Waals surface area contributed by atoms with Crippen molar-refractivity contribution in [3.8, 4) is 0 Å². The van der Waals surface area contributed by atoms with Gasteiger partial charge in [0.05, 0.1) is 5.25 Å². The Balaban J connectivity index is 1.46. The minimum atomic E-state index is -0.548. The maximum atomic E-state index is 13.8. The minimum Gasteiger partial charge on any atom is -0.352 e. The molecule has 0 aliphatic carbocycles. The SMILES string of the molecule is C[C@H](CCc1ccccc1)NC(=O)[C@@H]1CS[C@H](Cc2ccccc2F)C(=O)N1. The van der Waals surface area contributed by atoms with Gasteiger partial charge in [0.15, 0.2) is 0 Å². The highest BCUT2D eigenvalue weighted by atomic mass is 32.2. The van der Waals surface area contributed by atoms with Crippen LogP contribution < -0.4 is 10.6 Å². The van der Waals surface area contributed by atoms with Gasteiger partial charge in [-0.1, -0.05) is 48.5 Å². The van der Waals surface area contributed by atoms with E-state index in [1.54, 1.807) is 18.2 Å². The lowest BCUT2D eigenvalue weighted by Gasteiger charge is -2.29. The fraction of sp³-hybridized carbons (Fsp3) is 0.364. The van der Waals surface area contributed by atoms with E-state index in [2.05, 4.69) is 22.8 Å². The molecule has 2 N–H and O–H groups in total. The second-order valence-electron chi connectivity index (χ2n) is 7.11. The largest absolute Gasteiger partial charge is 0.352 e. The highest BCUT2D eigenvalue weighted by Crippen LogP contribution is 2.23. The zero-order valence-corrected chi connectivity index (χ0v) is 16.7. The van der Waals surface area contributed by atoms with E-state index in [0.717, 1.165) is 12.8 Å². The van der Waals surface area contributed by atoms with Crippen LogP contribution in [-0.4, -0.2) is 34.9 Å². The van der Waals surface area contributed by atoms with Crippen LogP contribution >= 0.6 is 11.8 Å². The van der Waals surface area contributed by atoms with E-state index in [1.165, 1.54) is 23.4 Å². The van der Waals surface area contributed by atoms with Crippen LogP contribution in [0.1, 0.15) is 24.5 Å². The second-order valence-corrected chi connectivity index (χ2v) is 8.35. The predicted octanol–water partition coefficient (Wildman–Crippen LogP) is 3.11. The van der Waals surface area contributed by atoms with E-state index in [9.17, 15) is 14.0 Å². The maximum Gasteiger partial charge on any atom is 0.243 e. The third-order valence-corrected chi connectivity index (χ3v) is 6.16. The topological polar surface area (TPSA) is 58.2 Å². The van der Waals surface area contributed by atoms with Gasteiger partial charge in [-0.3, -0.25) is 9.59 Å². The lowest BCUT2D eigenvalue weighted by atomic mass is 10.1. The van der Waals surface area contributed by atoms with Crippen LogP contribution in [0, 0.1) is 5.82 Å². The third-order valence-electron chi connectivity index (χ3n) is 4.85. The molecule has 4 nitrogen and oxygen atoms in total. The van der Waals surface area contributed by atoms with E-state index in [-0.39, 0.29) is 28.9 Å². The number of nitrogens with one attached hydrogen (secondary N) is 2. The quantitative estimate of drug-likeness (QED) is 0.751. The first-order valence-electron chi connectivity index (χ1n) is 9.52. The van der Waals surface area contributed by atoms with Crippen molar-refractivity contribution in [3.63, 3.8) is 0 Å². The van der Waals surface area contributed by atoms with E-state index in [1.807, 2.05) is 25.1 Å². The molecule has 6 heteroatoms. The molecule has 3 atom stereocenters. The van der Waals surface area contributed by atoms with Crippen LogP contribution in [-0.2, 0) is 22.4 Å². The number of hydrogen-bond donors (Lipinski definition) is 2. The molecule has 2 aromatic rings. The van der Waals surface area contributed by atoms with Gasteiger partial charge in [-0.15, -0.1) is 11.8 Å². The van der Waals surface area contributed by atoms with Crippen LogP contribution in [0.3, 0.4) is 0 Å². The number of halogens is 1. The highest BCUT2D eigenvalue weighted by molar-refractivity contribution is 8.00. The van der Waals surface area contributed by atoms with Crippen LogP contribution in [0.2, 0.25) is 0 Å². The predicted molar refractivity (Wildman–Crippen MR) is 111 cm³/mol. The number of carbonyl (C=O) groups is 2. The summed E-state index contributed by atoms with van der Waals surface area (Å²) in [6, 6.07) is 16.1. The Kier molecular flexibility index (Phi) is 7.09. The molecule has 0 saturated carbocycles. The number of amides is 2. The Bertz CT molecular complexity index is 815. The molecule has 0 spiro atoms. The monoisotopic (exact) mass is 400 g/mol. The van der Waals surface area contributed by atoms with Crippen LogP contribution in [0.25, 0.3) is 0 Å². The van der Waals surface area contributed by atoms with Gasteiger partial charge in [0.1, 0.15) is 11.9 Å². The molecule has 1 fully saturated rings. The van der Waals surface area contributed by atoms with Crippen LogP contribution in [0.4, 0.5) is 4.39 Å². The number of benzene rings is 2. The Labute approximate surface area is 169 Å². The van der Waals surface area contributed by atoms with Crippen molar-refractivity contribution >= 4 is 23.6 Å². The molecular weight excluding hydrogens is 375 g/mol. The van der Waals surface area contributed by atoms with Crippen molar-refractivity contribution in [3.05, 3.63) is 71.5 Å². The molecule has 0 radical (unpaired) electrons. The van der Waals surface area contributed by atoms with E-state index < -0.39 is 6.04 Å². The van der Waals surface area contributed by atoms with Crippen molar-refractivity contribution in [2.75, 3.05) is 5.75 Å². The minimum absolute atomic E-state index is 0.0192. The van der Waals surface area contributed by atoms with E-state index in [4.69, 9.17) is 0 Å². The summed E-state index contributed by atoms with van der Waals surface area (Å²) < 4.78 is 13.8. The molecule has 0 aromatic heterocycles. The summed E-state index contributed by atoms with van der Waals surface area (Å²) in [6.45, 7) is 1.97. The summed E-state index contributed by atoms with van der Waals surface area (Å²) in [5, 5.41) is 5.40. The molecule has 0 bridgehead atoms. The first-order chi connectivity index (χ1) is 13.5. The summed E-state index contributed by atoms with van der Waals surface area (Å²) in [6.07, 6.45) is 2.04. The smallest absolute Gasteiger partial charge is 0.243 e. The van der Waals surface area contributed by atoms with E-state index in [0.29, 0.717) is 17.7 Å². The Morgan fingerprint density at radius 1 is 1.21 bits per heavy atom. The Hall–Kier alpha value is -2.34. The van der Waals surface area contributed by atoms with Crippen molar-refractivity contribution < 1.29 is 14.0 Å². The van der Waals surface area contributed by atoms with E-state index >= 15 is 0 Å². The first-order valence-corrected chi connectivity index (χ1v) is 10.6. The van der Waals surface area contributed by atoms with Crippen molar-refractivity contribution in [2.45, 2.75) is 43.5 Å². The molecular formula is C22H25FN2O2S. The van der Waals surface area contributed by atoms with Gasteiger partial charge >= 0.3 is 0 Å². The summed E-state index contributed by atoms with van der Waals surface area (Å²) in [4.78, 5) is 24.9. The number of thioether (sulfide) groups is 1. The highest BCUT2D eigenvalue weighted by Gasteiger charge is 2.33. The standard InChI is InChI=1S/C22H25FN2O2S/c1-15(11-12-16-7-3-2-4-8-16)24-21(26)19-14-28-20(22(27)25-19)13-17-9-5-6-10-18(17)23/h2-10,15,19-20H,11-14H2,1H3,(H,24,26)(H,25,27)/t15-,19+,20-/m1/s1. The summed E-state index contributed by atoms with van der Waals surface area (Å²) >= 11 is 1.41. The molecule has 3 rings (SSSR count). The van der Waals surface area contributed by atoms with Gasteiger partial charge in [0.2, 0.25) is 11.8 Å². The number of carbonyl (C=O) groups excluding carboxylic acids is 2. The van der Waals surface area contributed by atoms with Gasteiger partial charge in [0, 0.05) is 11.8 Å². The fourth-order valence-electron chi connectivity index (χ4n) is 3.19. The average Bonchev–Trinajstić information content (AvgIpc) is 2.70. The van der Waals surface area contributed by atoms with Gasteiger partial charge in [-0.2, -0.15) is 0 Å². The normalized spacial score (nSPS) is 20.3. The summed E-state index contributed by atoms with van der Waals surface area (Å²) in [5.41, 5.74) is 1.76. The molecule has 2 amide bonds. The third kappa shape index (κ3) is 5.58. The van der Waals surface area contributed by atoms with Gasteiger partial charge in [-0.25, -0.2) is 4.39 Å². The Morgan fingerprint density at radius 2 is 1.93 bits per heavy atom. The average molecular weight is 401 g/mol. The molecule has 1 saturated heterocycles. The molecule has 1 aliphatic heterocycles. The zero-order valence-electron chi connectivity index (χ0n) is 15.9. The number of aryl methyl sites for hydroxylation is 1. The fourth-order valence-corrected chi connectivity index (χ4v) is 4.37. The lowest BCUT2D eigenvalue weighted by molar-refractivity contribution is -0.129. The molecule has 1 aliphatic rings. The van der Waals surface area contributed by atoms with Gasteiger partial charge in [0.25, 0.3) is 0 Å². The van der Waals surface area contributed by atoms with Crippen molar-refractivity contribution in [1.29, 1.82) is 0 Å². The molecule has 2 aromatic carbocycles. The molecule has 0 unspecified atom stereocenters. The second kappa shape index (κ2) is 9.73. The number of rotatable bonds is 7.